The first kappa shape index (κ1) is 17.7. The number of hydrogen-bond acceptors (Lipinski definition) is 4. The standard InChI is InChI=1S/C19H23NO4/c1-13-6-5-7-18(14(13)2)24-9-8-20-19(21)15-10-16(22-3)12-17(11-15)23-4/h5-7,10-12H,8-9H2,1-4H3,(H,20,21). The van der Waals surface area contributed by atoms with Crippen molar-refractivity contribution in [1.82, 2.24) is 5.32 Å². The van der Waals surface area contributed by atoms with E-state index in [2.05, 4.69) is 5.32 Å². The highest BCUT2D eigenvalue weighted by molar-refractivity contribution is 5.95. The van der Waals surface area contributed by atoms with Gasteiger partial charge in [-0.3, -0.25) is 4.79 Å². The van der Waals surface area contributed by atoms with Crippen molar-refractivity contribution in [3.05, 3.63) is 53.1 Å². The Balaban J connectivity index is 1.90. The highest BCUT2D eigenvalue weighted by atomic mass is 16.5. The maximum absolute atomic E-state index is 12.2. The number of nitrogens with one attached hydrogen (secondary N) is 1. The smallest absolute Gasteiger partial charge is 0.251 e. The van der Waals surface area contributed by atoms with Crippen molar-refractivity contribution in [3.8, 4) is 17.2 Å². The zero-order chi connectivity index (χ0) is 17.5. The first-order valence-electron chi connectivity index (χ1n) is 7.75. The summed E-state index contributed by atoms with van der Waals surface area (Å²) in [6, 6.07) is 11.0. The summed E-state index contributed by atoms with van der Waals surface area (Å²) in [4.78, 5) is 12.2. The average Bonchev–Trinajstić information content (AvgIpc) is 2.61. The van der Waals surface area contributed by atoms with Gasteiger partial charge in [-0.05, 0) is 43.2 Å². The maximum atomic E-state index is 12.2. The second kappa shape index (κ2) is 8.24. The molecule has 0 aliphatic carbocycles. The van der Waals surface area contributed by atoms with Gasteiger partial charge in [-0.1, -0.05) is 12.1 Å². The lowest BCUT2D eigenvalue weighted by Gasteiger charge is -2.12. The number of hydrogen-bond donors (Lipinski definition) is 1. The van der Waals surface area contributed by atoms with Crippen LogP contribution in [-0.4, -0.2) is 33.3 Å². The molecule has 0 spiro atoms. The Morgan fingerprint density at radius 3 is 2.33 bits per heavy atom. The summed E-state index contributed by atoms with van der Waals surface area (Å²) in [6.07, 6.45) is 0. The van der Waals surface area contributed by atoms with E-state index in [1.807, 2.05) is 32.0 Å². The van der Waals surface area contributed by atoms with Crippen molar-refractivity contribution in [2.45, 2.75) is 13.8 Å². The average molecular weight is 329 g/mol. The summed E-state index contributed by atoms with van der Waals surface area (Å²) in [5.41, 5.74) is 2.78. The molecule has 0 bridgehead atoms. The quantitative estimate of drug-likeness (QED) is 0.793. The van der Waals surface area contributed by atoms with Crippen molar-refractivity contribution in [3.63, 3.8) is 0 Å². The summed E-state index contributed by atoms with van der Waals surface area (Å²) in [5.74, 6) is 1.79. The molecular formula is C19H23NO4. The van der Waals surface area contributed by atoms with Crippen molar-refractivity contribution < 1.29 is 19.0 Å². The molecule has 0 radical (unpaired) electrons. The molecule has 0 unspecified atom stereocenters. The number of methoxy groups -OCH3 is 2. The van der Waals surface area contributed by atoms with Gasteiger partial charge in [0.25, 0.3) is 5.91 Å². The van der Waals surface area contributed by atoms with E-state index in [9.17, 15) is 4.79 Å². The summed E-state index contributed by atoms with van der Waals surface area (Å²) >= 11 is 0. The SMILES string of the molecule is COc1cc(OC)cc(C(=O)NCCOc2cccc(C)c2C)c1. The van der Waals surface area contributed by atoms with E-state index in [0.29, 0.717) is 30.2 Å². The summed E-state index contributed by atoms with van der Waals surface area (Å²) in [7, 11) is 3.10. The van der Waals surface area contributed by atoms with E-state index in [1.54, 1.807) is 32.4 Å². The van der Waals surface area contributed by atoms with Crippen LogP contribution in [0.5, 0.6) is 17.2 Å². The summed E-state index contributed by atoms with van der Waals surface area (Å²) in [5, 5.41) is 2.83. The van der Waals surface area contributed by atoms with Crippen LogP contribution in [0.15, 0.2) is 36.4 Å². The van der Waals surface area contributed by atoms with Gasteiger partial charge in [-0.2, -0.15) is 0 Å². The second-order valence-corrected chi connectivity index (χ2v) is 5.40. The molecule has 1 amide bonds. The molecule has 0 aliphatic rings. The van der Waals surface area contributed by atoms with Crippen LogP contribution < -0.4 is 19.5 Å². The zero-order valence-electron chi connectivity index (χ0n) is 14.5. The van der Waals surface area contributed by atoms with Crippen LogP contribution >= 0.6 is 0 Å². The molecule has 5 nitrogen and oxygen atoms in total. The van der Waals surface area contributed by atoms with Crippen LogP contribution in [0.25, 0.3) is 0 Å². The molecule has 2 aromatic carbocycles. The molecule has 0 atom stereocenters. The Labute approximate surface area is 142 Å². The van der Waals surface area contributed by atoms with Crippen LogP contribution in [0.4, 0.5) is 0 Å². The highest BCUT2D eigenvalue weighted by Crippen LogP contribution is 2.22. The normalized spacial score (nSPS) is 10.2. The monoisotopic (exact) mass is 329 g/mol. The Hall–Kier alpha value is -2.69. The lowest BCUT2D eigenvalue weighted by molar-refractivity contribution is 0.0946. The van der Waals surface area contributed by atoms with Gasteiger partial charge in [-0.25, -0.2) is 0 Å². The first-order valence-corrected chi connectivity index (χ1v) is 7.75. The molecule has 0 saturated heterocycles. The lowest BCUT2D eigenvalue weighted by Crippen LogP contribution is -2.28. The third-order valence-electron chi connectivity index (χ3n) is 3.81. The second-order valence-electron chi connectivity index (χ2n) is 5.40. The Kier molecular flexibility index (Phi) is 6.07. The number of amides is 1. The zero-order valence-corrected chi connectivity index (χ0v) is 14.5. The number of carbonyl (C=O) groups excluding carboxylic acids is 1. The Morgan fingerprint density at radius 1 is 1.04 bits per heavy atom. The number of aryl methyl sites for hydroxylation is 1. The van der Waals surface area contributed by atoms with Gasteiger partial charge in [0.05, 0.1) is 20.8 Å². The number of carbonyl (C=O) groups is 1. The van der Waals surface area contributed by atoms with Gasteiger partial charge >= 0.3 is 0 Å². The lowest BCUT2D eigenvalue weighted by atomic mass is 10.1. The van der Waals surface area contributed by atoms with E-state index in [0.717, 1.165) is 11.3 Å². The molecule has 2 aromatic rings. The summed E-state index contributed by atoms with van der Waals surface area (Å²) in [6.45, 7) is 4.87. The van der Waals surface area contributed by atoms with Crippen LogP contribution in [0.1, 0.15) is 21.5 Å². The van der Waals surface area contributed by atoms with Crippen molar-refractivity contribution >= 4 is 5.91 Å². The largest absolute Gasteiger partial charge is 0.497 e. The Bertz CT molecular complexity index is 690. The van der Waals surface area contributed by atoms with Crippen LogP contribution in [0.2, 0.25) is 0 Å². The molecule has 24 heavy (non-hydrogen) atoms. The van der Waals surface area contributed by atoms with Crippen LogP contribution in [-0.2, 0) is 0 Å². The molecule has 0 heterocycles. The third kappa shape index (κ3) is 4.41. The van der Waals surface area contributed by atoms with Gasteiger partial charge in [0.15, 0.2) is 0 Å². The minimum Gasteiger partial charge on any atom is -0.497 e. The van der Waals surface area contributed by atoms with E-state index in [-0.39, 0.29) is 5.91 Å². The summed E-state index contributed by atoms with van der Waals surface area (Å²) < 4.78 is 16.1. The van der Waals surface area contributed by atoms with E-state index in [4.69, 9.17) is 14.2 Å². The fraction of sp³-hybridized carbons (Fsp3) is 0.316. The molecule has 1 N–H and O–H groups in total. The highest BCUT2D eigenvalue weighted by Gasteiger charge is 2.09. The molecular weight excluding hydrogens is 306 g/mol. The van der Waals surface area contributed by atoms with Crippen LogP contribution in [0.3, 0.4) is 0 Å². The van der Waals surface area contributed by atoms with Gasteiger partial charge in [0, 0.05) is 11.6 Å². The topological polar surface area (TPSA) is 56.8 Å². The minimum absolute atomic E-state index is 0.197. The minimum atomic E-state index is -0.197. The molecule has 5 heteroatoms. The predicted molar refractivity (Wildman–Crippen MR) is 93.3 cm³/mol. The third-order valence-corrected chi connectivity index (χ3v) is 3.81. The fourth-order valence-corrected chi connectivity index (χ4v) is 2.25. The van der Waals surface area contributed by atoms with Gasteiger partial charge in [0.1, 0.15) is 23.9 Å². The van der Waals surface area contributed by atoms with Gasteiger partial charge in [-0.15, -0.1) is 0 Å². The number of rotatable bonds is 7. The van der Waals surface area contributed by atoms with Gasteiger partial charge < -0.3 is 19.5 Å². The maximum Gasteiger partial charge on any atom is 0.251 e. The van der Waals surface area contributed by atoms with E-state index < -0.39 is 0 Å². The van der Waals surface area contributed by atoms with E-state index >= 15 is 0 Å². The predicted octanol–water partition coefficient (Wildman–Crippen LogP) is 3.13. The van der Waals surface area contributed by atoms with Crippen LogP contribution in [0, 0.1) is 13.8 Å². The van der Waals surface area contributed by atoms with Gasteiger partial charge in [0.2, 0.25) is 0 Å². The molecule has 128 valence electrons. The van der Waals surface area contributed by atoms with Crippen molar-refractivity contribution in [2.75, 3.05) is 27.4 Å². The first-order chi connectivity index (χ1) is 11.5. The Morgan fingerprint density at radius 2 is 1.71 bits per heavy atom. The molecule has 0 aromatic heterocycles. The van der Waals surface area contributed by atoms with Crippen molar-refractivity contribution in [1.29, 1.82) is 0 Å². The molecule has 0 fully saturated rings. The molecule has 0 saturated carbocycles. The molecule has 0 aliphatic heterocycles. The van der Waals surface area contributed by atoms with Crippen molar-refractivity contribution in [2.24, 2.45) is 0 Å². The van der Waals surface area contributed by atoms with E-state index in [1.165, 1.54) is 5.56 Å². The number of ether oxygens (including phenoxy) is 3. The number of benzene rings is 2. The molecule has 2 rings (SSSR count). The fourth-order valence-electron chi connectivity index (χ4n) is 2.25.